The van der Waals surface area contributed by atoms with Crippen LogP contribution in [0.25, 0.3) is 0 Å². The molecule has 0 radical (unpaired) electrons. The van der Waals surface area contributed by atoms with Crippen molar-refractivity contribution < 1.29 is 5.11 Å². The molecule has 108 valence electrons. The first-order chi connectivity index (χ1) is 9.24. The Kier molecular flexibility index (Phi) is 7.58. The summed E-state index contributed by atoms with van der Waals surface area (Å²) in [5, 5.41) is 12.6. The van der Waals surface area contributed by atoms with Crippen LogP contribution in [0.5, 0.6) is 0 Å². The van der Waals surface area contributed by atoms with Gasteiger partial charge in [-0.2, -0.15) is 0 Å². The van der Waals surface area contributed by atoms with Crippen LogP contribution in [0.2, 0.25) is 0 Å². The summed E-state index contributed by atoms with van der Waals surface area (Å²) in [5.41, 5.74) is 2.26. The molecule has 0 aliphatic heterocycles. The molecule has 2 rings (SSSR count). The molecule has 2 N–H and O–H groups in total. The van der Waals surface area contributed by atoms with Gasteiger partial charge in [0.15, 0.2) is 0 Å². The van der Waals surface area contributed by atoms with Gasteiger partial charge in [0.1, 0.15) is 0 Å². The van der Waals surface area contributed by atoms with Crippen molar-refractivity contribution in [1.29, 1.82) is 0 Å². The van der Waals surface area contributed by atoms with Crippen molar-refractivity contribution in [2.75, 3.05) is 7.05 Å². The van der Waals surface area contributed by atoms with Gasteiger partial charge in [-0.3, -0.25) is 0 Å². The number of aliphatic hydroxyl groups excluding tert-OH is 1. The lowest BCUT2D eigenvalue weighted by Gasteiger charge is -2.11. The van der Waals surface area contributed by atoms with Crippen molar-refractivity contribution >= 4 is 34.4 Å². The molecule has 20 heavy (non-hydrogen) atoms. The molecule has 0 saturated carbocycles. The average molecular weight is 401 g/mol. The predicted octanol–water partition coefficient (Wildman–Crippen LogP) is 4.29. The molecule has 0 saturated heterocycles. The molecular formula is C16H20INOS. The summed E-state index contributed by atoms with van der Waals surface area (Å²) in [4.78, 5) is 2.35. The second-order valence-electron chi connectivity index (χ2n) is 4.15. The summed E-state index contributed by atoms with van der Waals surface area (Å²) >= 11 is 3.98. The molecule has 0 aliphatic rings. The molecule has 0 bridgehead atoms. The molecule has 0 heterocycles. The topological polar surface area (TPSA) is 32.3 Å². The summed E-state index contributed by atoms with van der Waals surface area (Å²) < 4.78 is 1.15. The maximum atomic E-state index is 9.46. The molecule has 0 amide bonds. The van der Waals surface area contributed by atoms with Crippen molar-refractivity contribution in [3.05, 3.63) is 57.2 Å². The van der Waals surface area contributed by atoms with E-state index in [0.29, 0.717) is 0 Å². The van der Waals surface area contributed by atoms with Gasteiger partial charge in [0.2, 0.25) is 0 Å². The minimum absolute atomic E-state index is 0. The Balaban J connectivity index is 0.00000200. The van der Waals surface area contributed by atoms with Crippen LogP contribution in [-0.2, 0) is 13.2 Å². The SMILES string of the molecule is C.CNCc1ccccc1Sc1ccc(I)cc1CO. The molecule has 2 aromatic carbocycles. The van der Waals surface area contributed by atoms with Crippen molar-refractivity contribution in [3.8, 4) is 0 Å². The fraction of sp³-hybridized carbons (Fsp3) is 0.250. The summed E-state index contributed by atoms with van der Waals surface area (Å²) in [6, 6.07) is 14.5. The van der Waals surface area contributed by atoms with E-state index < -0.39 is 0 Å². The van der Waals surface area contributed by atoms with E-state index in [1.54, 1.807) is 11.8 Å². The molecule has 0 aliphatic carbocycles. The second-order valence-corrected chi connectivity index (χ2v) is 6.48. The fourth-order valence-electron chi connectivity index (χ4n) is 1.83. The van der Waals surface area contributed by atoms with Gasteiger partial charge in [0, 0.05) is 19.9 Å². The highest BCUT2D eigenvalue weighted by molar-refractivity contribution is 14.1. The Morgan fingerprint density at radius 1 is 1.10 bits per heavy atom. The lowest BCUT2D eigenvalue weighted by Crippen LogP contribution is -2.05. The lowest BCUT2D eigenvalue weighted by atomic mass is 10.2. The molecule has 2 nitrogen and oxygen atoms in total. The van der Waals surface area contributed by atoms with Gasteiger partial charge in [0.05, 0.1) is 6.61 Å². The highest BCUT2D eigenvalue weighted by Gasteiger charge is 2.07. The summed E-state index contributed by atoms with van der Waals surface area (Å²) in [7, 11) is 1.95. The highest BCUT2D eigenvalue weighted by Crippen LogP contribution is 2.33. The zero-order valence-corrected chi connectivity index (χ0v) is 13.7. The first kappa shape index (κ1) is 17.5. The zero-order chi connectivity index (χ0) is 13.7. The Labute approximate surface area is 139 Å². The third kappa shape index (κ3) is 4.48. The molecule has 0 aromatic heterocycles. The molecule has 4 heteroatoms. The number of hydrogen-bond acceptors (Lipinski definition) is 3. The predicted molar refractivity (Wildman–Crippen MR) is 95.1 cm³/mol. The Morgan fingerprint density at radius 3 is 2.50 bits per heavy atom. The third-order valence-corrected chi connectivity index (χ3v) is 4.66. The molecule has 0 unspecified atom stereocenters. The third-order valence-electron chi connectivity index (χ3n) is 2.75. The Hall–Kier alpha value is -0.560. The first-order valence-corrected chi connectivity index (χ1v) is 7.93. The Bertz CT molecular complexity index is 560. The van der Waals surface area contributed by atoms with Gasteiger partial charge < -0.3 is 10.4 Å². The molecule has 2 aromatic rings. The number of halogens is 1. The quantitative estimate of drug-likeness (QED) is 0.734. The summed E-state index contributed by atoms with van der Waals surface area (Å²) in [6.07, 6.45) is 0. The number of nitrogens with one attached hydrogen (secondary N) is 1. The van der Waals surface area contributed by atoms with Crippen molar-refractivity contribution in [1.82, 2.24) is 5.32 Å². The minimum Gasteiger partial charge on any atom is -0.392 e. The van der Waals surface area contributed by atoms with Crippen molar-refractivity contribution in [2.24, 2.45) is 0 Å². The molecule has 0 atom stereocenters. The average Bonchev–Trinajstić information content (AvgIpc) is 2.43. The normalized spacial score (nSPS) is 10.2. The van der Waals surface area contributed by atoms with E-state index in [0.717, 1.165) is 20.6 Å². The van der Waals surface area contributed by atoms with Crippen molar-refractivity contribution in [3.63, 3.8) is 0 Å². The van der Waals surface area contributed by atoms with Gasteiger partial charge in [-0.15, -0.1) is 0 Å². The van der Waals surface area contributed by atoms with Crippen LogP contribution < -0.4 is 5.32 Å². The second kappa shape index (κ2) is 8.67. The standard InChI is InChI=1S/C15H16INOS.CH4/c1-17-9-11-4-2-3-5-14(11)19-15-7-6-13(16)8-12(15)10-18;/h2-8,17-18H,9-10H2,1H3;1H4. The van der Waals surface area contributed by atoms with E-state index in [1.165, 1.54) is 10.5 Å². The van der Waals surface area contributed by atoms with Crippen LogP contribution in [0, 0.1) is 3.57 Å². The fourth-order valence-corrected chi connectivity index (χ4v) is 3.43. The zero-order valence-electron chi connectivity index (χ0n) is 10.7. The van der Waals surface area contributed by atoms with Crippen LogP contribution in [-0.4, -0.2) is 12.2 Å². The van der Waals surface area contributed by atoms with Gasteiger partial charge in [-0.25, -0.2) is 0 Å². The maximum Gasteiger partial charge on any atom is 0.0693 e. The van der Waals surface area contributed by atoms with Crippen LogP contribution in [0.15, 0.2) is 52.3 Å². The highest BCUT2D eigenvalue weighted by atomic mass is 127. The number of aliphatic hydroxyl groups is 1. The smallest absolute Gasteiger partial charge is 0.0693 e. The van der Waals surface area contributed by atoms with E-state index in [9.17, 15) is 5.11 Å². The first-order valence-electron chi connectivity index (χ1n) is 6.04. The van der Waals surface area contributed by atoms with Crippen LogP contribution in [0.3, 0.4) is 0 Å². The number of rotatable bonds is 5. The Morgan fingerprint density at radius 2 is 1.80 bits per heavy atom. The number of benzene rings is 2. The van der Waals surface area contributed by atoms with Crippen LogP contribution >= 0.6 is 34.4 Å². The minimum atomic E-state index is 0. The van der Waals surface area contributed by atoms with E-state index in [2.05, 4.69) is 58.2 Å². The lowest BCUT2D eigenvalue weighted by molar-refractivity contribution is 0.279. The van der Waals surface area contributed by atoms with Gasteiger partial charge >= 0.3 is 0 Å². The van der Waals surface area contributed by atoms with Gasteiger partial charge in [0.25, 0.3) is 0 Å². The largest absolute Gasteiger partial charge is 0.392 e. The maximum absolute atomic E-state index is 9.46. The van der Waals surface area contributed by atoms with E-state index in [-0.39, 0.29) is 14.0 Å². The molecular weight excluding hydrogens is 381 g/mol. The molecule has 0 spiro atoms. The van der Waals surface area contributed by atoms with Crippen LogP contribution in [0.1, 0.15) is 18.6 Å². The monoisotopic (exact) mass is 401 g/mol. The van der Waals surface area contributed by atoms with E-state index in [4.69, 9.17) is 0 Å². The van der Waals surface area contributed by atoms with Crippen LogP contribution in [0.4, 0.5) is 0 Å². The summed E-state index contributed by atoms with van der Waals surface area (Å²) in [5.74, 6) is 0. The van der Waals surface area contributed by atoms with Crippen molar-refractivity contribution in [2.45, 2.75) is 30.4 Å². The molecule has 0 fully saturated rings. The summed E-state index contributed by atoms with van der Waals surface area (Å²) in [6.45, 7) is 0.926. The van der Waals surface area contributed by atoms with E-state index >= 15 is 0 Å². The van der Waals surface area contributed by atoms with E-state index in [1.807, 2.05) is 19.2 Å². The van der Waals surface area contributed by atoms with Gasteiger partial charge in [-0.1, -0.05) is 37.4 Å². The van der Waals surface area contributed by atoms with Gasteiger partial charge in [-0.05, 0) is 65.0 Å². The number of hydrogen-bond donors (Lipinski definition) is 2.